The van der Waals surface area contributed by atoms with Crippen molar-refractivity contribution in [2.45, 2.75) is 20.3 Å². The molecule has 0 aliphatic heterocycles. The van der Waals surface area contributed by atoms with E-state index in [-0.39, 0.29) is 18.9 Å². The molecule has 0 radical (unpaired) electrons. The van der Waals surface area contributed by atoms with Gasteiger partial charge in [-0.05, 0) is 41.8 Å². The highest BCUT2D eigenvalue weighted by Crippen LogP contribution is 2.27. The van der Waals surface area contributed by atoms with Crippen LogP contribution in [0, 0.1) is 13.8 Å². The summed E-state index contributed by atoms with van der Waals surface area (Å²) >= 11 is 0. The number of aryl methyl sites for hydroxylation is 3. The standard InChI is InChI=1S/C23H23N5O3/c1-14-11-15(2)24-22-21(14)23(27-28(22)3)31-13-20(30)26-25-19(29)12-17-9-6-8-16-7-4-5-10-18(16)17/h4-11H,12-13H2,1-3H3,(H,25,29)(H,26,30). The van der Waals surface area contributed by atoms with Gasteiger partial charge in [-0.25, -0.2) is 9.67 Å². The normalized spacial score (nSPS) is 10.9. The van der Waals surface area contributed by atoms with E-state index in [0.717, 1.165) is 33.0 Å². The smallest absolute Gasteiger partial charge is 0.276 e. The van der Waals surface area contributed by atoms with Crippen LogP contribution in [0.2, 0.25) is 0 Å². The van der Waals surface area contributed by atoms with Crippen LogP contribution in [0.25, 0.3) is 21.8 Å². The van der Waals surface area contributed by atoms with Gasteiger partial charge in [0.05, 0.1) is 11.8 Å². The zero-order chi connectivity index (χ0) is 22.0. The SMILES string of the molecule is Cc1cc(C)c2c(OCC(=O)NNC(=O)Cc3cccc4ccccc34)nn(C)c2n1. The molecule has 31 heavy (non-hydrogen) atoms. The van der Waals surface area contributed by atoms with Gasteiger partial charge < -0.3 is 4.74 Å². The number of hydrazine groups is 1. The van der Waals surface area contributed by atoms with E-state index < -0.39 is 5.91 Å². The van der Waals surface area contributed by atoms with Crippen LogP contribution in [-0.4, -0.2) is 33.2 Å². The molecule has 0 unspecified atom stereocenters. The maximum atomic E-state index is 12.3. The van der Waals surface area contributed by atoms with Crippen molar-refractivity contribution in [1.29, 1.82) is 0 Å². The second-order valence-electron chi connectivity index (χ2n) is 7.41. The van der Waals surface area contributed by atoms with Crippen molar-refractivity contribution in [3.63, 3.8) is 0 Å². The molecule has 0 atom stereocenters. The molecule has 2 heterocycles. The van der Waals surface area contributed by atoms with Gasteiger partial charge in [-0.1, -0.05) is 42.5 Å². The number of carbonyl (C=O) groups excluding carboxylic acids is 2. The van der Waals surface area contributed by atoms with Crippen LogP contribution < -0.4 is 15.6 Å². The Morgan fingerprint density at radius 3 is 2.61 bits per heavy atom. The molecule has 0 spiro atoms. The van der Waals surface area contributed by atoms with E-state index in [0.29, 0.717) is 11.5 Å². The summed E-state index contributed by atoms with van der Waals surface area (Å²) in [6.45, 7) is 3.57. The number of fused-ring (bicyclic) bond motifs is 2. The lowest BCUT2D eigenvalue weighted by Crippen LogP contribution is -2.44. The van der Waals surface area contributed by atoms with Crippen molar-refractivity contribution >= 4 is 33.6 Å². The third-order valence-electron chi connectivity index (χ3n) is 5.00. The van der Waals surface area contributed by atoms with E-state index in [1.54, 1.807) is 11.7 Å². The van der Waals surface area contributed by atoms with Crippen LogP contribution >= 0.6 is 0 Å². The molecule has 0 saturated heterocycles. The predicted molar refractivity (Wildman–Crippen MR) is 117 cm³/mol. The number of hydrogen-bond acceptors (Lipinski definition) is 5. The van der Waals surface area contributed by atoms with Crippen molar-refractivity contribution < 1.29 is 14.3 Å². The van der Waals surface area contributed by atoms with E-state index in [9.17, 15) is 9.59 Å². The number of benzene rings is 2. The van der Waals surface area contributed by atoms with Crippen LogP contribution in [0.15, 0.2) is 48.5 Å². The maximum Gasteiger partial charge on any atom is 0.276 e. The summed E-state index contributed by atoms with van der Waals surface area (Å²) in [5, 5.41) is 7.15. The first-order valence-corrected chi connectivity index (χ1v) is 9.90. The van der Waals surface area contributed by atoms with Gasteiger partial charge >= 0.3 is 0 Å². The minimum Gasteiger partial charge on any atom is -0.466 e. The molecule has 8 heteroatoms. The number of carbonyl (C=O) groups is 2. The molecule has 0 aliphatic rings. The first-order valence-electron chi connectivity index (χ1n) is 9.90. The Morgan fingerprint density at radius 2 is 1.77 bits per heavy atom. The van der Waals surface area contributed by atoms with Gasteiger partial charge in [0, 0.05) is 12.7 Å². The van der Waals surface area contributed by atoms with Crippen LogP contribution in [0.4, 0.5) is 0 Å². The van der Waals surface area contributed by atoms with Gasteiger partial charge in [-0.15, -0.1) is 5.10 Å². The van der Waals surface area contributed by atoms with Crippen molar-refractivity contribution in [3.8, 4) is 5.88 Å². The number of ether oxygens (including phenoxy) is 1. The number of nitrogens with zero attached hydrogens (tertiary/aromatic N) is 3. The van der Waals surface area contributed by atoms with Crippen molar-refractivity contribution in [1.82, 2.24) is 25.6 Å². The highest BCUT2D eigenvalue weighted by atomic mass is 16.5. The maximum absolute atomic E-state index is 12.3. The van der Waals surface area contributed by atoms with Crippen molar-refractivity contribution in [2.24, 2.45) is 7.05 Å². The van der Waals surface area contributed by atoms with Crippen LogP contribution in [-0.2, 0) is 23.1 Å². The van der Waals surface area contributed by atoms with Gasteiger partial charge in [0.25, 0.3) is 5.91 Å². The van der Waals surface area contributed by atoms with Gasteiger partial charge in [0.2, 0.25) is 11.8 Å². The van der Waals surface area contributed by atoms with E-state index in [4.69, 9.17) is 4.74 Å². The molecule has 2 aromatic heterocycles. The van der Waals surface area contributed by atoms with Gasteiger partial charge in [-0.2, -0.15) is 0 Å². The highest BCUT2D eigenvalue weighted by Gasteiger charge is 2.16. The zero-order valence-corrected chi connectivity index (χ0v) is 17.6. The minimum absolute atomic E-state index is 0.150. The highest BCUT2D eigenvalue weighted by molar-refractivity contribution is 5.91. The van der Waals surface area contributed by atoms with Gasteiger partial charge in [0.1, 0.15) is 0 Å². The van der Waals surface area contributed by atoms with E-state index in [1.165, 1.54) is 0 Å². The molecule has 8 nitrogen and oxygen atoms in total. The summed E-state index contributed by atoms with van der Waals surface area (Å²) in [6.07, 6.45) is 0.150. The number of aromatic nitrogens is 3. The molecule has 0 bridgehead atoms. The van der Waals surface area contributed by atoms with E-state index in [1.807, 2.05) is 62.4 Å². The zero-order valence-electron chi connectivity index (χ0n) is 17.6. The van der Waals surface area contributed by atoms with Crippen LogP contribution in [0.1, 0.15) is 16.8 Å². The Hall–Kier alpha value is -3.94. The largest absolute Gasteiger partial charge is 0.466 e. The number of amides is 2. The Bertz CT molecular complexity index is 1290. The average Bonchev–Trinajstić information content (AvgIpc) is 3.07. The molecule has 2 amide bonds. The molecule has 0 saturated carbocycles. The minimum atomic E-state index is -0.484. The van der Waals surface area contributed by atoms with Gasteiger partial charge in [-0.3, -0.25) is 20.4 Å². The Morgan fingerprint density at radius 1 is 1.03 bits per heavy atom. The Labute approximate surface area is 179 Å². The molecule has 2 N–H and O–H groups in total. The summed E-state index contributed by atoms with van der Waals surface area (Å²) < 4.78 is 7.22. The second kappa shape index (κ2) is 8.43. The lowest BCUT2D eigenvalue weighted by atomic mass is 10.0. The lowest BCUT2D eigenvalue weighted by Gasteiger charge is -2.09. The summed E-state index contributed by atoms with van der Waals surface area (Å²) in [4.78, 5) is 28.9. The third kappa shape index (κ3) is 4.32. The fourth-order valence-corrected chi connectivity index (χ4v) is 3.62. The molecule has 0 fully saturated rings. The number of nitrogens with one attached hydrogen (secondary N) is 2. The Kier molecular flexibility index (Phi) is 5.53. The van der Waals surface area contributed by atoms with Crippen LogP contribution in [0.5, 0.6) is 5.88 Å². The summed E-state index contributed by atoms with van der Waals surface area (Å²) in [7, 11) is 1.77. The van der Waals surface area contributed by atoms with E-state index in [2.05, 4.69) is 20.9 Å². The number of rotatable bonds is 5. The molecule has 2 aromatic carbocycles. The van der Waals surface area contributed by atoms with E-state index >= 15 is 0 Å². The molecule has 4 rings (SSSR count). The van der Waals surface area contributed by atoms with Crippen molar-refractivity contribution in [2.75, 3.05) is 6.61 Å². The molecule has 158 valence electrons. The summed E-state index contributed by atoms with van der Waals surface area (Å²) in [5.41, 5.74) is 8.25. The third-order valence-corrected chi connectivity index (χ3v) is 5.00. The first kappa shape index (κ1) is 20.3. The summed E-state index contributed by atoms with van der Waals surface area (Å²) in [6, 6.07) is 15.6. The van der Waals surface area contributed by atoms with Crippen LogP contribution in [0.3, 0.4) is 0 Å². The monoisotopic (exact) mass is 417 g/mol. The topological polar surface area (TPSA) is 98.1 Å². The molecule has 4 aromatic rings. The second-order valence-corrected chi connectivity index (χ2v) is 7.41. The number of pyridine rings is 1. The molecular weight excluding hydrogens is 394 g/mol. The molecule has 0 aliphatic carbocycles. The fraction of sp³-hybridized carbons (Fsp3) is 0.217. The molecular formula is C23H23N5O3. The summed E-state index contributed by atoms with van der Waals surface area (Å²) in [5.74, 6) is -0.467. The lowest BCUT2D eigenvalue weighted by molar-refractivity contribution is -0.129. The average molecular weight is 417 g/mol. The van der Waals surface area contributed by atoms with Gasteiger partial charge in [0.15, 0.2) is 12.3 Å². The Balaban J connectivity index is 1.35. The van der Waals surface area contributed by atoms with Crippen molar-refractivity contribution in [3.05, 3.63) is 65.4 Å². The first-order chi connectivity index (χ1) is 14.9. The quantitative estimate of drug-likeness (QED) is 0.486. The fourth-order valence-electron chi connectivity index (χ4n) is 3.62. The predicted octanol–water partition coefficient (Wildman–Crippen LogP) is 2.51. The number of hydrogen-bond donors (Lipinski definition) is 2.